The largest absolute Gasteiger partial charge is 0.382 e. The van der Waals surface area contributed by atoms with Gasteiger partial charge in [-0.05, 0) is 12.5 Å². The summed E-state index contributed by atoms with van der Waals surface area (Å²) in [5.41, 5.74) is 14.3. The molecule has 146 valence electrons. The third-order valence-electron chi connectivity index (χ3n) is 4.54. The summed E-state index contributed by atoms with van der Waals surface area (Å²) < 4.78 is 13.3. The van der Waals surface area contributed by atoms with Crippen LogP contribution in [-0.2, 0) is 22.4 Å². The average molecular weight is 371 g/mol. The van der Waals surface area contributed by atoms with Crippen LogP contribution in [0.3, 0.4) is 0 Å². The molecule has 2 aromatic heterocycles. The highest BCUT2D eigenvalue weighted by Gasteiger charge is 2.16. The van der Waals surface area contributed by atoms with E-state index in [0.29, 0.717) is 38.8 Å². The molecule has 0 fully saturated rings. The van der Waals surface area contributed by atoms with Crippen molar-refractivity contribution in [1.29, 1.82) is 0 Å². The van der Waals surface area contributed by atoms with Crippen molar-refractivity contribution in [3.8, 4) is 0 Å². The topological polar surface area (TPSA) is 101 Å². The van der Waals surface area contributed by atoms with Gasteiger partial charge in [-0.25, -0.2) is 9.97 Å². The lowest BCUT2D eigenvalue weighted by molar-refractivity contribution is 0.0478. The minimum absolute atomic E-state index is 0.483. The highest BCUT2D eigenvalue weighted by molar-refractivity contribution is 6.06. The van der Waals surface area contributed by atoms with E-state index >= 15 is 0 Å². The van der Waals surface area contributed by atoms with Crippen LogP contribution in [-0.4, -0.2) is 47.5 Å². The quantitative estimate of drug-likeness (QED) is 0.502. The third kappa shape index (κ3) is 4.55. The highest BCUT2D eigenvalue weighted by Crippen LogP contribution is 2.29. The lowest BCUT2D eigenvalue weighted by Gasteiger charge is -2.11. The maximum absolute atomic E-state index is 6.21. The van der Waals surface area contributed by atoms with E-state index in [1.807, 2.05) is 18.2 Å². The molecule has 1 aromatic carbocycles. The molecule has 0 saturated heterocycles. The zero-order valence-corrected chi connectivity index (χ0v) is 16.0. The number of aryl methyl sites for hydroxylation is 1. The summed E-state index contributed by atoms with van der Waals surface area (Å²) >= 11 is 0. The van der Waals surface area contributed by atoms with Gasteiger partial charge in [-0.1, -0.05) is 31.5 Å². The van der Waals surface area contributed by atoms with Crippen LogP contribution < -0.4 is 11.5 Å². The SMILES string of the molecule is CCCCc1nc2c(N)nc3ccccc3c2n1CCOCCOCCN. The van der Waals surface area contributed by atoms with Crippen LogP contribution in [0.2, 0.25) is 0 Å². The first-order valence-electron chi connectivity index (χ1n) is 9.65. The second kappa shape index (κ2) is 9.64. The molecular formula is C20H29N5O2. The van der Waals surface area contributed by atoms with Crippen molar-refractivity contribution >= 4 is 27.8 Å². The Morgan fingerprint density at radius 2 is 1.81 bits per heavy atom. The zero-order valence-electron chi connectivity index (χ0n) is 16.0. The molecule has 0 saturated carbocycles. The summed E-state index contributed by atoms with van der Waals surface area (Å²) in [5.74, 6) is 1.52. The molecule has 0 amide bonds. The van der Waals surface area contributed by atoms with Gasteiger partial charge in [0.25, 0.3) is 0 Å². The normalized spacial score (nSPS) is 11.6. The number of imidazole rings is 1. The van der Waals surface area contributed by atoms with Crippen LogP contribution in [0.5, 0.6) is 0 Å². The number of fused-ring (bicyclic) bond motifs is 3. The van der Waals surface area contributed by atoms with Crippen molar-refractivity contribution in [1.82, 2.24) is 14.5 Å². The number of hydrogen-bond donors (Lipinski definition) is 2. The Hall–Kier alpha value is -2.22. The van der Waals surface area contributed by atoms with Gasteiger partial charge in [-0.2, -0.15) is 0 Å². The fraction of sp³-hybridized carbons (Fsp3) is 0.500. The van der Waals surface area contributed by atoms with Gasteiger partial charge in [0, 0.05) is 24.9 Å². The number of pyridine rings is 1. The van der Waals surface area contributed by atoms with Crippen molar-refractivity contribution in [3.63, 3.8) is 0 Å². The Bertz CT molecular complexity index is 878. The molecule has 0 aliphatic carbocycles. The maximum Gasteiger partial charge on any atom is 0.152 e. The number of aromatic nitrogens is 3. The van der Waals surface area contributed by atoms with Crippen LogP contribution in [0.15, 0.2) is 24.3 Å². The second-order valence-electron chi connectivity index (χ2n) is 6.51. The van der Waals surface area contributed by atoms with E-state index in [9.17, 15) is 0 Å². The predicted molar refractivity (Wildman–Crippen MR) is 109 cm³/mol. The minimum Gasteiger partial charge on any atom is -0.382 e. The summed E-state index contributed by atoms with van der Waals surface area (Å²) in [6.45, 7) is 5.71. The molecule has 0 unspecified atom stereocenters. The van der Waals surface area contributed by atoms with Gasteiger partial charge in [0.1, 0.15) is 11.3 Å². The molecule has 4 N–H and O–H groups in total. The number of anilines is 1. The number of para-hydroxylation sites is 1. The number of nitrogen functional groups attached to an aromatic ring is 1. The number of ether oxygens (including phenoxy) is 2. The molecule has 0 spiro atoms. The Balaban J connectivity index is 1.86. The van der Waals surface area contributed by atoms with Crippen molar-refractivity contribution in [3.05, 3.63) is 30.1 Å². The summed E-state index contributed by atoms with van der Waals surface area (Å²) in [7, 11) is 0. The Morgan fingerprint density at radius 3 is 2.59 bits per heavy atom. The zero-order chi connectivity index (χ0) is 19.1. The van der Waals surface area contributed by atoms with E-state index in [1.165, 1.54) is 0 Å². The van der Waals surface area contributed by atoms with E-state index in [1.54, 1.807) is 0 Å². The van der Waals surface area contributed by atoms with Crippen LogP contribution in [0.4, 0.5) is 5.82 Å². The molecule has 27 heavy (non-hydrogen) atoms. The average Bonchev–Trinajstić information content (AvgIpc) is 3.05. The molecule has 7 heteroatoms. The van der Waals surface area contributed by atoms with E-state index in [2.05, 4.69) is 22.5 Å². The van der Waals surface area contributed by atoms with E-state index < -0.39 is 0 Å². The van der Waals surface area contributed by atoms with Crippen LogP contribution in [0.1, 0.15) is 25.6 Å². The molecule has 3 aromatic rings. The van der Waals surface area contributed by atoms with E-state index in [4.69, 9.17) is 25.9 Å². The van der Waals surface area contributed by atoms with Gasteiger partial charge < -0.3 is 25.5 Å². The molecule has 0 aliphatic rings. The molecular weight excluding hydrogens is 342 g/mol. The molecule has 7 nitrogen and oxygen atoms in total. The first-order valence-corrected chi connectivity index (χ1v) is 9.65. The lowest BCUT2D eigenvalue weighted by Crippen LogP contribution is -2.14. The first-order chi connectivity index (χ1) is 13.3. The van der Waals surface area contributed by atoms with E-state index in [0.717, 1.165) is 53.6 Å². The van der Waals surface area contributed by atoms with Crippen molar-refractivity contribution in [2.45, 2.75) is 32.7 Å². The van der Waals surface area contributed by atoms with Gasteiger partial charge in [-0.3, -0.25) is 0 Å². The summed E-state index contributed by atoms with van der Waals surface area (Å²) in [5, 5.41) is 1.07. The van der Waals surface area contributed by atoms with E-state index in [-0.39, 0.29) is 0 Å². The highest BCUT2D eigenvalue weighted by atomic mass is 16.5. The van der Waals surface area contributed by atoms with Gasteiger partial charge >= 0.3 is 0 Å². The van der Waals surface area contributed by atoms with Gasteiger partial charge in [0.05, 0.1) is 37.5 Å². The van der Waals surface area contributed by atoms with Crippen LogP contribution in [0, 0.1) is 0 Å². The Kier molecular flexibility index (Phi) is 6.98. The molecule has 0 bridgehead atoms. The third-order valence-corrected chi connectivity index (χ3v) is 4.54. The van der Waals surface area contributed by atoms with Crippen molar-refractivity contribution in [2.75, 3.05) is 38.7 Å². The second-order valence-corrected chi connectivity index (χ2v) is 6.51. The summed E-state index contributed by atoms with van der Waals surface area (Å²) in [4.78, 5) is 9.34. The molecule has 3 rings (SSSR count). The predicted octanol–water partition coefficient (Wildman–Crippen LogP) is 2.50. The molecule has 0 aliphatic heterocycles. The summed E-state index contributed by atoms with van der Waals surface area (Å²) in [6.07, 6.45) is 3.12. The molecule has 2 heterocycles. The molecule has 0 atom stereocenters. The number of benzene rings is 1. The van der Waals surface area contributed by atoms with Gasteiger partial charge in [0.15, 0.2) is 5.82 Å². The summed E-state index contributed by atoms with van der Waals surface area (Å²) in [6, 6.07) is 8.06. The number of unbranched alkanes of at least 4 members (excludes halogenated alkanes) is 1. The van der Waals surface area contributed by atoms with Crippen LogP contribution >= 0.6 is 0 Å². The number of nitrogens with zero attached hydrogens (tertiary/aromatic N) is 3. The van der Waals surface area contributed by atoms with Gasteiger partial charge in [-0.15, -0.1) is 0 Å². The van der Waals surface area contributed by atoms with Crippen LogP contribution in [0.25, 0.3) is 21.9 Å². The standard InChI is InChI=1S/C20H29N5O2/c1-2-3-8-17-24-18-19(15-6-4-5-7-16(15)23-20(18)22)25(17)10-12-27-14-13-26-11-9-21/h4-7H,2-3,8-14,21H2,1H3,(H2,22,23). The smallest absolute Gasteiger partial charge is 0.152 e. The number of rotatable bonds is 11. The Labute approximate surface area is 159 Å². The number of nitrogens with two attached hydrogens (primary N) is 2. The first kappa shape index (κ1) is 19.5. The number of hydrogen-bond acceptors (Lipinski definition) is 6. The fourth-order valence-electron chi connectivity index (χ4n) is 3.23. The minimum atomic E-state index is 0.483. The lowest BCUT2D eigenvalue weighted by atomic mass is 10.2. The van der Waals surface area contributed by atoms with Crippen molar-refractivity contribution < 1.29 is 9.47 Å². The Morgan fingerprint density at radius 1 is 1.04 bits per heavy atom. The monoisotopic (exact) mass is 371 g/mol. The van der Waals surface area contributed by atoms with Gasteiger partial charge in [0.2, 0.25) is 0 Å². The molecule has 0 radical (unpaired) electrons. The maximum atomic E-state index is 6.21. The van der Waals surface area contributed by atoms with Crippen molar-refractivity contribution in [2.24, 2.45) is 5.73 Å². The fourth-order valence-corrected chi connectivity index (χ4v) is 3.23.